The van der Waals surface area contributed by atoms with E-state index in [1.165, 1.54) is 19.3 Å². The second kappa shape index (κ2) is 4.00. The molecule has 2 aromatic heterocycles. The summed E-state index contributed by atoms with van der Waals surface area (Å²) in [6.45, 7) is 5.30. The molecule has 0 amide bonds. The van der Waals surface area contributed by atoms with Crippen LogP contribution in [0.5, 0.6) is 0 Å². The molecular weight excluding hydrogens is 226 g/mol. The van der Waals surface area contributed by atoms with Crippen molar-refractivity contribution >= 4 is 17.1 Å². The molecule has 5 nitrogen and oxygen atoms in total. The fourth-order valence-electron chi connectivity index (χ4n) is 3.28. The first-order valence-corrected chi connectivity index (χ1v) is 6.71. The molecule has 1 saturated carbocycles. The summed E-state index contributed by atoms with van der Waals surface area (Å²) in [6.07, 6.45) is 3.94. The highest BCUT2D eigenvalue weighted by atomic mass is 15.3. The lowest BCUT2D eigenvalue weighted by Gasteiger charge is -2.12. The van der Waals surface area contributed by atoms with Crippen LogP contribution in [0.1, 0.15) is 31.9 Å². The van der Waals surface area contributed by atoms with Crippen LogP contribution in [0, 0.1) is 18.8 Å². The van der Waals surface area contributed by atoms with Crippen molar-refractivity contribution in [2.45, 2.75) is 39.7 Å². The van der Waals surface area contributed by atoms with Crippen LogP contribution < -0.4 is 5.73 Å². The number of hydrogen-bond acceptors (Lipinski definition) is 3. The topological polar surface area (TPSA) is 61.7 Å². The molecule has 2 unspecified atom stereocenters. The normalized spacial score (nSPS) is 24.2. The predicted molar refractivity (Wildman–Crippen MR) is 72.2 cm³/mol. The fraction of sp³-hybridized carbons (Fsp3) is 0.692. The Kier molecular flexibility index (Phi) is 2.57. The van der Waals surface area contributed by atoms with Crippen LogP contribution in [0.2, 0.25) is 0 Å². The van der Waals surface area contributed by atoms with Crippen molar-refractivity contribution in [3.05, 3.63) is 5.69 Å². The Morgan fingerprint density at radius 1 is 1.39 bits per heavy atom. The smallest absolute Gasteiger partial charge is 0.202 e. The summed E-state index contributed by atoms with van der Waals surface area (Å²) in [7, 11) is 1.96. The molecule has 98 valence electrons. The van der Waals surface area contributed by atoms with E-state index >= 15 is 0 Å². The molecule has 0 radical (unpaired) electrons. The first kappa shape index (κ1) is 11.6. The third kappa shape index (κ3) is 1.69. The van der Waals surface area contributed by atoms with Gasteiger partial charge < -0.3 is 5.73 Å². The molecule has 0 aromatic carbocycles. The molecule has 18 heavy (non-hydrogen) atoms. The van der Waals surface area contributed by atoms with Gasteiger partial charge in [0.15, 0.2) is 5.65 Å². The van der Waals surface area contributed by atoms with Crippen molar-refractivity contribution in [2.75, 3.05) is 5.73 Å². The number of aryl methyl sites for hydroxylation is 2. The Hall–Kier alpha value is -1.52. The number of nitrogens with two attached hydrogens (primary N) is 1. The number of anilines is 1. The molecule has 2 atom stereocenters. The summed E-state index contributed by atoms with van der Waals surface area (Å²) < 4.78 is 4.03. The minimum atomic E-state index is 0.626. The maximum absolute atomic E-state index is 6.06. The van der Waals surface area contributed by atoms with E-state index in [4.69, 9.17) is 5.73 Å². The van der Waals surface area contributed by atoms with Crippen LogP contribution >= 0.6 is 0 Å². The molecular formula is C13H21N5. The first-order chi connectivity index (χ1) is 8.56. The van der Waals surface area contributed by atoms with E-state index in [0.29, 0.717) is 5.95 Å². The molecule has 3 rings (SSSR count). The van der Waals surface area contributed by atoms with Gasteiger partial charge >= 0.3 is 0 Å². The van der Waals surface area contributed by atoms with Gasteiger partial charge in [-0.3, -0.25) is 9.25 Å². The lowest BCUT2D eigenvalue weighted by atomic mass is 10.1. The SMILES string of the molecule is Cc1nn(C)c2c1nc(N)n2CC1CCC(C)C1. The van der Waals surface area contributed by atoms with Crippen molar-refractivity contribution in [3.8, 4) is 0 Å². The number of imidazole rings is 1. The number of rotatable bonds is 2. The van der Waals surface area contributed by atoms with Crippen LogP contribution in [0.15, 0.2) is 0 Å². The number of fused-ring (bicyclic) bond motifs is 1. The Morgan fingerprint density at radius 3 is 2.83 bits per heavy atom. The van der Waals surface area contributed by atoms with Crippen molar-refractivity contribution in [2.24, 2.45) is 18.9 Å². The molecule has 2 N–H and O–H groups in total. The highest BCUT2D eigenvalue weighted by molar-refractivity contribution is 5.77. The molecule has 0 aliphatic heterocycles. The largest absolute Gasteiger partial charge is 0.369 e. The van der Waals surface area contributed by atoms with Gasteiger partial charge in [0.1, 0.15) is 5.52 Å². The summed E-state index contributed by atoms with van der Waals surface area (Å²) in [5, 5.41) is 4.42. The average molecular weight is 247 g/mol. The van der Waals surface area contributed by atoms with E-state index in [2.05, 4.69) is 21.6 Å². The molecule has 0 spiro atoms. The number of nitrogens with zero attached hydrogens (tertiary/aromatic N) is 4. The average Bonchev–Trinajstić information content (AvgIpc) is 2.91. The zero-order valence-electron chi connectivity index (χ0n) is 11.3. The third-order valence-corrected chi connectivity index (χ3v) is 4.16. The molecule has 0 saturated heterocycles. The molecule has 1 fully saturated rings. The first-order valence-electron chi connectivity index (χ1n) is 6.71. The van der Waals surface area contributed by atoms with E-state index in [1.54, 1.807) is 0 Å². The Balaban J connectivity index is 1.98. The zero-order chi connectivity index (χ0) is 12.9. The van der Waals surface area contributed by atoms with Gasteiger partial charge in [0.2, 0.25) is 5.95 Å². The van der Waals surface area contributed by atoms with Gasteiger partial charge in [-0.1, -0.05) is 13.3 Å². The van der Waals surface area contributed by atoms with Gasteiger partial charge in [-0.25, -0.2) is 4.98 Å². The lowest BCUT2D eigenvalue weighted by molar-refractivity contribution is 0.446. The second-order valence-electron chi connectivity index (χ2n) is 5.75. The minimum Gasteiger partial charge on any atom is -0.369 e. The molecule has 5 heteroatoms. The van der Waals surface area contributed by atoms with Crippen molar-refractivity contribution < 1.29 is 0 Å². The van der Waals surface area contributed by atoms with E-state index in [-0.39, 0.29) is 0 Å². The van der Waals surface area contributed by atoms with Crippen molar-refractivity contribution in [3.63, 3.8) is 0 Å². The maximum atomic E-state index is 6.06. The van der Waals surface area contributed by atoms with Gasteiger partial charge in [0, 0.05) is 13.6 Å². The highest BCUT2D eigenvalue weighted by Crippen LogP contribution is 2.33. The number of nitrogen functional groups attached to an aromatic ring is 1. The lowest BCUT2D eigenvalue weighted by Crippen LogP contribution is -2.12. The Morgan fingerprint density at radius 2 is 2.17 bits per heavy atom. The quantitative estimate of drug-likeness (QED) is 0.884. The standard InChI is InChI=1S/C13H21N5/c1-8-4-5-10(6-8)7-18-12-11(15-13(18)14)9(2)16-17(12)3/h8,10H,4-7H2,1-3H3,(H2,14,15). The summed E-state index contributed by atoms with van der Waals surface area (Å²) in [5.41, 5.74) is 9.02. The van der Waals surface area contributed by atoms with Crippen LogP contribution in [-0.4, -0.2) is 19.3 Å². The Labute approximate surface area is 107 Å². The van der Waals surface area contributed by atoms with Gasteiger partial charge in [0.05, 0.1) is 5.69 Å². The third-order valence-electron chi connectivity index (χ3n) is 4.16. The summed E-state index contributed by atoms with van der Waals surface area (Å²) in [6, 6.07) is 0. The van der Waals surface area contributed by atoms with E-state index in [0.717, 1.165) is 35.2 Å². The molecule has 2 heterocycles. The molecule has 2 aromatic rings. The van der Waals surface area contributed by atoms with E-state index in [9.17, 15) is 0 Å². The van der Waals surface area contributed by atoms with E-state index < -0.39 is 0 Å². The van der Waals surface area contributed by atoms with Gasteiger partial charge in [-0.2, -0.15) is 5.10 Å². The van der Waals surface area contributed by atoms with Crippen molar-refractivity contribution in [1.29, 1.82) is 0 Å². The van der Waals surface area contributed by atoms with Crippen LogP contribution in [0.3, 0.4) is 0 Å². The number of hydrogen-bond donors (Lipinski definition) is 1. The Bertz CT molecular complexity index is 580. The predicted octanol–water partition coefficient (Wildman–Crippen LogP) is 2.10. The monoisotopic (exact) mass is 247 g/mol. The summed E-state index contributed by atoms with van der Waals surface area (Å²) in [4.78, 5) is 4.45. The maximum Gasteiger partial charge on any atom is 0.202 e. The minimum absolute atomic E-state index is 0.626. The van der Waals surface area contributed by atoms with E-state index in [1.807, 2.05) is 18.7 Å². The fourth-order valence-corrected chi connectivity index (χ4v) is 3.28. The van der Waals surface area contributed by atoms with Crippen LogP contribution in [0.4, 0.5) is 5.95 Å². The van der Waals surface area contributed by atoms with Crippen LogP contribution in [-0.2, 0) is 13.6 Å². The summed E-state index contributed by atoms with van der Waals surface area (Å²) in [5.74, 6) is 2.21. The molecule has 1 aliphatic carbocycles. The summed E-state index contributed by atoms with van der Waals surface area (Å²) >= 11 is 0. The van der Waals surface area contributed by atoms with Crippen molar-refractivity contribution in [1.82, 2.24) is 19.3 Å². The molecule has 1 aliphatic rings. The zero-order valence-corrected chi connectivity index (χ0v) is 11.3. The van der Waals surface area contributed by atoms with Gasteiger partial charge in [-0.05, 0) is 31.6 Å². The van der Waals surface area contributed by atoms with Crippen LogP contribution in [0.25, 0.3) is 11.2 Å². The number of aromatic nitrogens is 4. The van der Waals surface area contributed by atoms with Gasteiger partial charge in [0.25, 0.3) is 0 Å². The van der Waals surface area contributed by atoms with Gasteiger partial charge in [-0.15, -0.1) is 0 Å². The second-order valence-corrected chi connectivity index (χ2v) is 5.75. The highest BCUT2D eigenvalue weighted by Gasteiger charge is 2.24. The molecule has 0 bridgehead atoms.